The van der Waals surface area contributed by atoms with E-state index >= 15 is 0 Å². The molecule has 8 nitrogen and oxygen atoms in total. The Balaban J connectivity index is 1.92. The molecule has 25 heavy (non-hydrogen) atoms. The highest BCUT2D eigenvalue weighted by atomic mass is 16.6. The summed E-state index contributed by atoms with van der Waals surface area (Å²) in [6.07, 6.45) is 1.08. The van der Waals surface area contributed by atoms with Gasteiger partial charge in [0.05, 0.1) is 15.6 Å². The lowest BCUT2D eigenvalue weighted by molar-refractivity contribution is -0.385. The Bertz CT molecular complexity index is 763. The topological polar surface area (TPSA) is 119 Å². The summed E-state index contributed by atoms with van der Waals surface area (Å²) in [6.45, 7) is 0. The molecule has 8 heteroatoms. The van der Waals surface area contributed by atoms with Gasteiger partial charge < -0.3 is 5.21 Å². The highest BCUT2D eigenvalue weighted by molar-refractivity contribution is 5.88. The second-order valence-electron chi connectivity index (χ2n) is 5.98. The zero-order valence-corrected chi connectivity index (χ0v) is 13.1. The quantitative estimate of drug-likeness (QED) is 0.512. The Morgan fingerprint density at radius 1 is 0.800 bits per heavy atom. The van der Waals surface area contributed by atoms with Crippen molar-refractivity contribution >= 4 is 17.1 Å². The van der Waals surface area contributed by atoms with Crippen molar-refractivity contribution in [3.05, 3.63) is 79.9 Å². The Kier molecular flexibility index (Phi) is 4.42. The fourth-order valence-corrected chi connectivity index (χ4v) is 3.34. The number of non-ortho nitro benzene ring substituents is 2. The van der Waals surface area contributed by atoms with E-state index in [1.807, 2.05) is 0 Å². The highest BCUT2D eigenvalue weighted by Gasteiger charge is 2.34. The van der Waals surface area contributed by atoms with Crippen LogP contribution in [0.2, 0.25) is 0 Å². The number of rotatable bonds is 4. The summed E-state index contributed by atoms with van der Waals surface area (Å²) in [5.41, 5.74) is 2.50. The van der Waals surface area contributed by atoms with E-state index < -0.39 is 9.85 Å². The van der Waals surface area contributed by atoms with Crippen molar-refractivity contribution in [2.75, 3.05) is 0 Å². The Labute approximate surface area is 142 Å². The SMILES string of the molecule is O=[N+]([O-])c1ccc(C2CC(=NO)C[C@@H]2c2ccc([N+](=O)[O-])cc2)cc1. The minimum absolute atomic E-state index is 0.00633. The van der Waals surface area contributed by atoms with Gasteiger partial charge in [0, 0.05) is 24.3 Å². The number of hydrogen-bond acceptors (Lipinski definition) is 6. The Hall–Kier alpha value is -3.29. The van der Waals surface area contributed by atoms with Crippen molar-refractivity contribution in [3.63, 3.8) is 0 Å². The number of nitrogens with zero attached hydrogens (tertiary/aromatic N) is 3. The van der Waals surface area contributed by atoms with Gasteiger partial charge in [0.15, 0.2) is 0 Å². The van der Waals surface area contributed by atoms with Crippen LogP contribution >= 0.6 is 0 Å². The maximum Gasteiger partial charge on any atom is 0.269 e. The number of oxime groups is 1. The van der Waals surface area contributed by atoms with Gasteiger partial charge in [-0.05, 0) is 35.8 Å². The Morgan fingerprint density at radius 2 is 1.16 bits per heavy atom. The zero-order chi connectivity index (χ0) is 18.0. The first kappa shape index (κ1) is 16.6. The number of nitro benzene ring substituents is 2. The van der Waals surface area contributed by atoms with Crippen molar-refractivity contribution in [3.8, 4) is 0 Å². The second kappa shape index (κ2) is 6.68. The molecule has 0 spiro atoms. The Morgan fingerprint density at radius 3 is 1.44 bits per heavy atom. The summed E-state index contributed by atoms with van der Waals surface area (Å²) in [6, 6.07) is 12.7. The van der Waals surface area contributed by atoms with Crippen molar-refractivity contribution in [1.29, 1.82) is 0 Å². The van der Waals surface area contributed by atoms with Gasteiger partial charge in [-0.1, -0.05) is 29.4 Å². The molecule has 2 aromatic carbocycles. The number of nitro groups is 2. The molecule has 1 fully saturated rings. The summed E-state index contributed by atoms with van der Waals surface area (Å²) >= 11 is 0. The van der Waals surface area contributed by atoms with E-state index in [0.717, 1.165) is 11.1 Å². The summed E-state index contributed by atoms with van der Waals surface area (Å²) in [5, 5.41) is 34.1. The fourth-order valence-electron chi connectivity index (χ4n) is 3.34. The largest absolute Gasteiger partial charge is 0.411 e. The van der Waals surface area contributed by atoms with Crippen LogP contribution in [0.1, 0.15) is 35.8 Å². The molecular weight excluding hydrogens is 326 g/mol. The molecule has 0 saturated heterocycles. The predicted molar refractivity (Wildman–Crippen MR) is 90.1 cm³/mol. The third kappa shape index (κ3) is 3.32. The maximum absolute atomic E-state index is 10.8. The summed E-state index contributed by atoms with van der Waals surface area (Å²) < 4.78 is 0. The number of hydrogen-bond donors (Lipinski definition) is 1. The van der Waals surface area contributed by atoms with Crippen LogP contribution in [0.3, 0.4) is 0 Å². The van der Waals surface area contributed by atoms with Crippen molar-refractivity contribution in [2.24, 2.45) is 5.16 Å². The molecule has 3 rings (SSSR count). The van der Waals surface area contributed by atoms with Gasteiger partial charge in [-0.25, -0.2) is 0 Å². The first-order valence-electron chi connectivity index (χ1n) is 7.68. The number of benzene rings is 2. The molecule has 2 aromatic rings. The van der Waals surface area contributed by atoms with Gasteiger partial charge in [-0.3, -0.25) is 20.2 Å². The van der Waals surface area contributed by atoms with E-state index in [1.165, 1.54) is 24.3 Å². The van der Waals surface area contributed by atoms with E-state index in [-0.39, 0.29) is 23.2 Å². The molecule has 0 heterocycles. The minimum atomic E-state index is -0.452. The minimum Gasteiger partial charge on any atom is -0.411 e. The molecule has 0 aromatic heterocycles. The summed E-state index contributed by atoms with van der Waals surface area (Å²) in [5.74, 6) is -0.0127. The first-order chi connectivity index (χ1) is 12.0. The van der Waals surface area contributed by atoms with Gasteiger partial charge in [0.2, 0.25) is 0 Å². The van der Waals surface area contributed by atoms with Crippen molar-refractivity contribution < 1.29 is 15.1 Å². The molecule has 0 radical (unpaired) electrons. The fraction of sp³-hybridized carbons (Fsp3) is 0.235. The van der Waals surface area contributed by atoms with Gasteiger partial charge in [0.25, 0.3) is 11.4 Å². The molecule has 1 unspecified atom stereocenters. The van der Waals surface area contributed by atoms with Crippen molar-refractivity contribution in [2.45, 2.75) is 24.7 Å². The van der Waals surface area contributed by atoms with Crippen LogP contribution in [-0.4, -0.2) is 20.8 Å². The van der Waals surface area contributed by atoms with Crippen LogP contribution in [0.5, 0.6) is 0 Å². The smallest absolute Gasteiger partial charge is 0.269 e. The van der Waals surface area contributed by atoms with E-state index in [2.05, 4.69) is 5.16 Å². The lowest BCUT2D eigenvalue weighted by atomic mass is 9.84. The van der Waals surface area contributed by atoms with E-state index in [4.69, 9.17) is 5.21 Å². The van der Waals surface area contributed by atoms with Crippen LogP contribution in [-0.2, 0) is 0 Å². The van der Waals surface area contributed by atoms with Crippen LogP contribution in [0.25, 0.3) is 0 Å². The van der Waals surface area contributed by atoms with E-state index in [1.54, 1.807) is 24.3 Å². The van der Waals surface area contributed by atoms with Crippen LogP contribution in [0, 0.1) is 20.2 Å². The van der Waals surface area contributed by atoms with Gasteiger partial charge in [0.1, 0.15) is 0 Å². The molecule has 0 aliphatic heterocycles. The van der Waals surface area contributed by atoms with Gasteiger partial charge in [-0.15, -0.1) is 0 Å². The standard InChI is InChI=1S/C17H15N3O5/c21-18-13-9-16(11-1-5-14(6-2-11)19(22)23)17(10-13)12-3-7-15(8-4-12)20(24)25/h1-8,16-17,21H,9-10H2/t16-,17?/m1/s1. The molecule has 1 N–H and O–H groups in total. The third-order valence-corrected chi connectivity index (χ3v) is 4.60. The molecule has 0 bridgehead atoms. The van der Waals surface area contributed by atoms with Crippen LogP contribution < -0.4 is 0 Å². The average Bonchev–Trinajstić information content (AvgIpc) is 3.06. The molecular formula is C17H15N3O5. The normalized spacial score (nSPS) is 21.4. The van der Waals surface area contributed by atoms with Gasteiger partial charge >= 0.3 is 0 Å². The average molecular weight is 341 g/mol. The monoisotopic (exact) mass is 341 g/mol. The molecule has 1 aliphatic carbocycles. The van der Waals surface area contributed by atoms with Crippen LogP contribution in [0.15, 0.2) is 53.7 Å². The van der Waals surface area contributed by atoms with E-state index in [0.29, 0.717) is 18.6 Å². The van der Waals surface area contributed by atoms with Crippen LogP contribution in [0.4, 0.5) is 11.4 Å². The predicted octanol–water partition coefficient (Wildman–Crippen LogP) is 3.99. The third-order valence-electron chi connectivity index (χ3n) is 4.60. The molecule has 1 saturated carbocycles. The van der Waals surface area contributed by atoms with E-state index in [9.17, 15) is 20.2 Å². The first-order valence-corrected chi connectivity index (χ1v) is 7.68. The summed E-state index contributed by atoms with van der Waals surface area (Å²) in [4.78, 5) is 20.7. The van der Waals surface area contributed by atoms with Gasteiger partial charge in [-0.2, -0.15) is 0 Å². The summed E-state index contributed by atoms with van der Waals surface area (Å²) in [7, 11) is 0. The lowest BCUT2D eigenvalue weighted by Gasteiger charge is -2.19. The highest BCUT2D eigenvalue weighted by Crippen LogP contribution is 2.45. The second-order valence-corrected chi connectivity index (χ2v) is 5.98. The zero-order valence-electron chi connectivity index (χ0n) is 13.1. The molecule has 0 amide bonds. The molecule has 128 valence electrons. The van der Waals surface area contributed by atoms with Crippen molar-refractivity contribution in [1.82, 2.24) is 0 Å². The molecule has 1 aliphatic rings. The lowest BCUT2D eigenvalue weighted by Crippen LogP contribution is -2.05. The molecule has 2 atom stereocenters. The maximum atomic E-state index is 10.8.